The highest BCUT2D eigenvalue weighted by Gasteiger charge is 2.28. The fourth-order valence-electron chi connectivity index (χ4n) is 7.79. The number of pyridine rings is 3. The van der Waals surface area contributed by atoms with Crippen molar-refractivity contribution in [2.75, 3.05) is 96.0 Å². The Morgan fingerprint density at radius 2 is 0.849 bits per heavy atom. The predicted molar refractivity (Wildman–Crippen MR) is 328 cm³/mol. The Morgan fingerprint density at radius 1 is 0.453 bits per heavy atom. The number of amides is 4. The van der Waals surface area contributed by atoms with Crippen molar-refractivity contribution in [1.82, 2.24) is 38.4 Å². The molecule has 0 spiro atoms. The van der Waals surface area contributed by atoms with E-state index in [0.29, 0.717) is 95.3 Å². The highest BCUT2D eigenvalue weighted by molar-refractivity contribution is 6.05. The number of hydrogen-bond acceptors (Lipinski definition) is 16. The lowest BCUT2D eigenvalue weighted by molar-refractivity contribution is 0.0705. The summed E-state index contributed by atoms with van der Waals surface area (Å²) in [6.45, 7) is 20.0. The van der Waals surface area contributed by atoms with Gasteiger partial charge >= 0.3 is 6.03 Å². The standard InChI is InChI=1S/C24H29N5O5.C23H27N3O5.C16H23N3O2/c1-24(2,3)21(31)19-15-29-14-18(8-9-20(29)28-19)26-22(32)16-4-6-17(7-5-16)27-23(33)25-10-12-34-13-11-30;1-23(2,3)21(28)19-15-26-14-17(6-9-20(26)25-19)24-22(29)16-4-7-18(8-5-16)31-13-12-30-11-10-27;1-16(2,3)15(20)13-11-19-10-12(6-7-14(19)17-13)21-9-8-18(4)5/h4-9,14-15,30H,10-13H2,1-3H3,(H,26,32)(H2,25,27,33);4-9,14-15,27H,10-13H2,1-3H3,(H,24,29);6-7,10-11H,8-9H2,1-5H3. The van der Waals surface area contributed by atoms with Gasteiger partial charge in [-0.3, -0.25) is 24.0 Å². The Labute approximate surface area is 500 Å². The molecular formula is C63H79N11O12. The zero-order valence-electron chi connectivity index (χ0n) is 50.7. The minimum absolute atomic E-state index is 0.0200. The zero-order chi connectivity index (χ0) is 62.8. The zero-order valence-corrected chi connectivity index (χ0v) is 50.7. The van der Waals surface area contributed by atoms with Gasteiger partial charge in [0.25, 0.3) is 11.8 Å². The van der Waals surface area contributed by atoms with Crippen LogP contribution in [-0.2, 0) is 9.47 Å². The van der Waals surface area contributed by atoms with Gasteiger partial charge in [0.2, 0.25) is 0 Å². The molecule has 8 rings (SSSR count). The summed E-state index contributed by atoms with van der Waals surface area (Å²) in [5, 5.41) is 28.2. The number of aliphatic hydroxyl groups excluding tert-OH is 2. The maximum absolute atomic E-state index is 12.6. The average Bonchev–Trinajstić information content (AvgIpc) is 2.05. The number of aliphatic hydroxyl groups is 2. The van der Waals surface area contributed by atoms with Crippen LogP contribution >= 0.6 is 0 Å². The largest absolute Gasteiger partial charge is 0.491 e. The van der Waals surface area contributed by atoms with Gasteiger partial charge in [0.1, 0.15) is 58.7 Å². The molecule has 458 valence electrons. The van der Waals surface area contributed by atoms with Gasteiger partial charge in [-0.15, -0.1) is 0 Å². The van der Waals surface area contributed by atoms with Crippen molar-refractivity contribution in [3.63, 3.8) is 0 Å². The minimum atomic E-state index is -0.536. The molecule has 0 aliphatic carbocycles. The first-order valence-electron chi connectivity index (χ1n) is 28.0. The van der Waals surface area contributed by atoms with Gasteiger partial charge in [-0.05, 0) is 99.0 Å². The number of likely N-dealkylation sites (N-methyl/N-ethyl adjacent to an activating group) is 1. The molecule has 23 heteroatoms. The predicted octanol–water partition coefficient (Wildman–Crippen LogP) is 8.65. The summed E-state index contributed by atoms with van der Waals surface area (Å²) in [7, 11) is 4.01. The fourth-order valence-corrected chi connectivity index (χ4v) is 7.79. The molecule has 8 aromatic rings. The first-order chi connectivity index (χ1) is 40.7. The van der Waals surface area contributed by atoms with Crippen molar-refractivity contribution < 1.29 is 57.9 Å². The molecule has 0 fully saturated rings. The van der Waals surface area contributed by atoms with E-state index in [1.54, 1.807) is 113 Å². The molecule has 0 unspecified atom stereocenters. The van der Waals surface area contributed by atoms with E-state index >= 15 is 0 Å². The van der Waals surface area contributed by atoms with Crippen LogP contribution in [0.25, 0.3) is 16.9 Å². The molecule has 2 aromatic carbocycles. The summed E-state index contributed by atoms with van der Waals surface area (Å²) in [6, 6.07) is 23.5. The number of hydrogen-bond donors (Lipinski definition) is 6. The third kappa shape index (κ3) is 19.9. The number of rotatable bonds is 23. The molecule has 0 aliphatic heterocycles. The number of aromatic nitrogens is 6. The summed E-state index contributed by atoms with van der Waals surface area (Å²) >= 11 is 0. The number of Topliss-reactive ketones (excluding diaryl/α,β-unsaturated/α-hetero) is 3. The van der Waals surface area contributed by atoms with Gasteiger partial charge in [0.05, 0.1) is 57.2 Å². The maximum atomic E-state index is 12.6. The number of benzene rings is 2. The van der Waals surface area contributed by atoms with Gasteiger partial charge < -0.3 is 68.5 Å². The van der Waals surface area contributed by atoms with E-state index in [-0.39, 0.29) is 55.6 Å². The lowest BCUT2D eigenvalue weighted by Crippen LogP contribution is -2.31. The molecule has 0 aliphatic rings. The monoisotopic (exact) mass is 1180 g/mol. The Hall–Kier alpha value is -8.87. The Bertz CT molecular complexity index is 3590. The third-order valence-corrected chi connectivity index (χ3v) is 12.4. The van der Waals surface area contributed by atoms with E-state index in [1.165, 1.54) is 0 Å². The molecule has 4 amide bonds. The first-order valence-corrected chi connectivity index (χ1v) is 28.0. The third-order valence-electron chi connectivity index (χ3n) is 12.4. The Balaban J connectivity index is 0.000000212. The van der Waals surface area contributed by atoms with Crippen LogP contribution in [0.4, 0.5) is 21.9 Å². The van der Waals surface area contributed by atoms with E-state index < -0.39 is 22.3 Å². The lowest BCUT2D eigenvalue weighted by atomic mass is 9.89. The van der Waals surface area contributed by atoms with Gasteiger partial charge in [-0.25, -0.2) is 19.7 Å². The normalized spacial score (nSPS) is 11.6. The minimum Gasteiger partial charge on any atom is -0.491 e. The summed E-state index contributed by atoms with van der Waals surface area (Å²) < 4.78 is 26.7. The number of carbonyl (C=O) groups is 6. The summed E-state index contributed by atoms with van der Waals surface area (Å²) in [4.78, 5) is 89.4. The summed E-state index contributed by atoms with van der Waals surface area (Å²) in [5.74, 6) is 0.770. The number of nitrogens with one attached hydrogen (secondary N) is 4. The van der Waals surface area contributed by atoms with Gasteiger partial charge in [0, 0.05) is 77.1 Å². The molecule has 0 saturated heterocycles. The number of nitrogens with zero attached hydrogens (tertiary/aromatic N) is 7. The molecule has 0 atom stereocenters. The molecule has 86 heavy (non-hydrogen) atoms. The SMILES string of the molecule is CC(C)(C)C(=O)c1cn2cc(NC(=O)c3ccc(NC(=O)NCCOCCO)cc3)ccc2n1.CC(C)(C)C(=O)c1cn2cc(NC(=O)c3ccc(OCCOCCO)cc3)ccc2n1.CN(C)CCOc1ccc2nc(C(=O)C(C)(C)C)cn2c1. The number of anilines is 3. The molecule has 23 nitrogen and oxygen atoms in total. The van der Waals surface area contributed by atoms with Gasteiger partial charge in [-0.1, -0.05) is 62.3 Å². The van der Waals surface area contributed by atoms with Crippen LogP contribution < -0.4 is 30.7 Å². The molecule has 6 N–H and O–H groups in total. The molecule has 6 aromatic heterocycles. The Kier molecular flexibility index (Phi) is 23.3. The van der Waals surface area contributed by atoms with Crippen LogP contribution in [0.3, 0.4) is 0 Å². The molecule has 6 heterocycles. The number of urea groups is 1. The lowest BCUT2D eigenvalue weighted by Gasteiger charge is -2.13. The van der Waals surface area contributed by atoms with Crippen molar-refractivity contribution in [1.29, 1.82) is 0 Å². The number of ether oxygens (including phenoxy) is 4. The number of imidazole rings is 3. The Morgan fingerprint density at radius 3 is 1.29 bits per heavy atom. The fraction of sp³-hybridized carbons (Fsp3) is 0.381. The van der Waals surface area contributed by atoms with Crippen LogP contribution in [0.2, 0.25) is 0 Å². The number of carbonyl (C=O) groups excluding carboxylic acids is 6. The van der Waals surface area contributed by atoms with Crippen molar-refractivity contribution in [2.45, 2.75) is 62.3 Å². The number of fused-ring (bicyclic) bond motifs is 3. The molecule has 0 bridgehead atoms. The van der Waals surface area contributed by atoms with E-state index in [9.17, 15) is 28.8 Å². The van der Waals surface area contributed by atoms with E-state index in [1.807, 2.05) is 99.1 Å². The van der Waals surface area contributed by atoms with Crippen LogP contribution in [0.1, 0.15) is 114 Å². The number of ketones is 3. The van der Waals surface area contributed by atoms with Crippen LogP contribution in [0, 0.1) is 16.2 Å². The van der Waals surface area contributed by atoms with Crippen molar-refractivity contribution in [2.24, 2.45) is 16.2 Å². The van der Waals surface area contributed by atoms with Gasteiger partial charge in [-0.2, -0.15) is 0 Å². The average molecular weight is 1180 g/mol. The maximum Gasteiger partial charge on any atom is 0.319 e. The molecule has 0 radical (unpaired) electrons. The van der Waals surface area contributed by atoms with E-state index in [0.717, 1.165) is 17.9 Å². The smallest absolute Gasteiger partial charge is 0.319 e. The van der Waals surface area contributed by atoms with Crippen LogP contribution in [-0.4, -0.2) is 159 Å². The molecule has 0 saturated carbocycles. The second-order valence-electron chi connectivity index (χ2n) is 23.2. The van der Waals surface area contributed by atoms with E-state index in [4.69, 9.17) is 29.2 Å². The second kappa shape index (κ2) is 30.3. The summed E-state index contributed by atoms with van der Waals surface area (Å²) in [6.07, 6.45) is 10.4. The highest BCUT2D eigenvalue weighted by Crippen LogP contribution is 2.25. The van der Waals surface area contributed by atoms with Crippen LogP contribution in [0.15, 0.2) is 122 Å². The highest BCUT2D eigenvalue weighted by atomic mass is 16.5. The van der Waals surface area contributed by atoms with Gasteiger partial charge in [0.15, 0.2) is 17.3 Å². The van der Waals surface area contributed by atoms with Crippen LogP contribution in [0.5, 0.6) is 11.5 Å². The van der Waals surface area contributed by atoms with E-state index in [2.05, 4.69) is 41.1 Å². The summed E-state index contributed by atoms with van der Waals surface area (Å²) in [5.41, 5.74) is 4.35. The molecular weight excluding hydrogens is 1100 g/mol. The van der Waals surface area contributed by atoms with Crippen molar-refractivity contribution >= 4 is 69.2 Å². The topological polar surface area (TPSA) is 283 Å². The van der Waals surface area contributed by atoms with Crippen molar-refractivity contribution in [3.05, 3.63) is 150 Å². The first kappa shape index (κ1) is 66.3. The second-order valence-corrected chi connectivity index (χ2v) is 23.2. The quantitative estimate of drug-likeness (QED) is 0.0258. The van der Waals surface area contributed by atoms with Crippen molar-refractivity contribution in [3.8, 4) is 11.5 Å².